The van der Waals surface area contributed by atoms with Crippen LogP contribution in [0.1, 0.15) is 26.3 Å². The summed E-state index contributed by atoms with van der Waals surface area (Å²) in [6.07, 6.45) is 2.92. The third-order valence-electron chi connectivity index (χ3n) is 2.10. The second-order valence-corrected chi connectivity index (χ2v) is 4.46. The molecule has 3 nitrogen and oxygen atoms in total. The summed E-state index contributed by atoms with van der Waals surface area (Å²) in [5.41, 5.74) is 1.09. The highest BCUT2D eigenvalue weighted by Gasteiger charge is 2.19. The predicted octanol–water partition coefficient (Wildman–Crippen LogP) is 1.27. The SMILES string of the molecule is CCc1nc2c([nH]1)CCCS2=O.[HH]. The number of rotatable bonds is 1. The van der Waals surface area contributed by atoms with Gasteiger partial charge < -0.3 is 4.98 Å². The van der Waals surface area contributed by atoms with Crippen molar-refractivity contribution < 1.29 is 5.64 Å². The Kier molecular flexibility index (Phi) is 2.00. The van der Waals surface area contributed by atoms with Crippen LogP contribution in [0.2, 0.25) is 0 Å². The van der Waals surface area contributed by atoms with Gasteiger partial charge in [-0.25, -0.2) is 4.98 Å². The van der Waals surface area contributed by atoms with Gasteiger partial charge in [-0.15, -0.1) is 0 Å². The quantitative estimate of drug-likeness (QED) is 0.718. The smallest absolute Gasteiger partial charge is 0.148 e. The number of imidazole rings is 1. The fourth-order valence-corrected chi connectivity index (χ4v) is 2.69. The number of aromatic nitrogens is 2. The van der Waals surface area contributed by atoms with E-state index in [0.717, 1.165) is 41.6 Å². The average molecular weight is 186 g/mol. The lowest BCUT2D eigenvalue weighted by Gasteiger charge is -2.07. The van der Waals surface area contributed by atoms with Gasteiger partial charge in [-0.2, -0.15) is 0 Å². The van der Waals surface area contributed by atoms with Gasteiger partial charge in [0.2, 0.25) is 0 Å². The Morgan fingerprint density at radius 3 is 3.25 bits per heavy atom. The molecule has 1 aromatic rings. The molecule has 0 fully saturated rings. The Bertz CT molecular complexity index is 324. The molecule has 1 unspecified atom stereocenters. The van der Waals surface area contributed by atoms with Gasteiger partial charge in [-0.3, -0.25) is 4.21 Å². The first-order chi connectivity index (χ1) is 5.81. The molecule has 0 aliphatic carbocycles. The lowest BCUT2D eigenvalue weighted by molar-refractivity contribution is 0.669. The molecule has 0 amide bonds. The Morgan fingerprint density at radius 1 is 1.75 bits per heavy atom. The van der Waals surface area contributed by atoms with E-state index in [9.17, 15) is 4.21 Å². The normalized spacial score (nSPS) is 22.2. The van der Waals surface area contributed by atoms with Gasteiger partial charge in [0, 0.05) is 13.6 Å². The molecule has 0 aromatic carbocycles. The molecule has 0 spiro atoms. The van der Waals surface area contributed by atoms with Crippen molar-refractivity contribution in [2.45, 2.75) is 31.2 Å². The molecule has 1 aliphatic rings. The van der Waals surface area contributed by atoms with Crippen LogP contribution in [0.15, 0.2) is 5.03 Å². The van der Waals surface area contributed by atoms with Crippen LogP contribution in [0.5, 0.6) is 0 Å². The number of nitrogens with zero attached hydrogens (tertiary/aromatic N) is 1. The fourth-order valence-electron chi connectivity index (χ4n) is 1.45. The van der Waals surface area contributed by atoms with Crippen molar-refractivity contribution in [3.05, 3.63) is 11.5 Å². The number of hydrogen-bond acceptors (Lipinski definition) is 2. The first-order valence-electron chi connectivity index (χ1n) is 4.27. The molecule has 1 aromatic heterocycles. The minimum absolute atomic E-state index is 0. The maximum atomic E-state index is 11.4. The molecule has 0 saturated carbocycles. The molecular formula is C8H14N2OS. The average Bonchev–Trinajstić information content (AvgIpc) is 2.49. The molecule has 2 rings (SSSR count). The van der Waals surface area contributed by atoms with Gasteiger partial charge in [0.05, 0.1) is 16.5 Å². The van der Waals surface area contributed by atoms with Crippen molar-refractivity contribution >= 4 is 10.8 Å². The molecule has 1 N–H and O–H groups in total. The maximum absolute atomic E-state index is 11.4. The number of aryl methyl sites for hydroxylation is 2. The molecule has 68 valence electrons. The van der Waals surface area contributed by atoms with Crippen LogP contribution in [0.3, 0.4) is 0 Å². The molecule has 1 aliphatic heterocycles. The van der Waals surface area contributed by atoms with Crippen LogP contribution in [-0.2, 0) is 23.6 Å². The second kappa shape index (κ2) is 3.01. The minimum Gasteiger partial charge on any atom is -0.345 e. The molecule has 0 saturated heterocycles. The molecular weight excluding hydrogens is 172 g/mol. The van der Waals surface area contributed by atoms with Crippen LogP contribution in [-0.4, -0.2) is 19.9 Å². The van der Waals surface area contributed by atoms with E-state index in [1.807, 2.05) is 6.92 Å². The highest BCUT2D eigenvalue weighted by molar-refractivity contribution is 7.85. The molecule has 0 bridgehead atoms. The Hall–Kier alpha value is -0.640. The number of aromatic amines is 1. The van der Waals surface area contributed by atoms with Crippen LogP contribution >= 0.6 is 0 Å². The van der Waals surface area contributed by atoms with Gasteiger partial charge in [-0.1, -0.05) is 6.92 Å². The molecule has 1 atom stereocenters. The summed E-state index contributed by atoms with van der Waals surface area (Å²) < 4.78 is 11.4. The summed E-state index contributed by atoms with van der Waals surface area (Å²) >= 11 is 0. The minimum atomic E-state index is -0.838. The van der Waals surface area contributed by atoms with Crippen molar-refractivity contribution in [3.8, 4) is 0 Å². The van der Waals surface area contributed by atoms with Gasteiger partial charge in [0.1, 0.15) is 10.9 Å². The first kappa shape index (κ1) is 7.98. The summed E-state index contributed by atoms with van der Waals surface area (Å²) in [5.74, 6) is 1.75. The second-order valence-electron chi connectivity index (χ2n) is 2.97. The summed E-state index contributed by atoms with van der Waals surface area (Å²) in [4.78, 5) is 7.50. The Balaban J connectivity index is 0.000000845. The van der Waals surface area contributed by atoms with Gasteiger partial charge in [-0.05, 0) is 12.8 Å². The summed E-state index contributed by atoms with van der Waals surface area (Å²) in [6, 6.07) is 0. The van der Waals surface area contributed by atoms with Crippen LogP contribution < -0.4 is 0 Å². The maximum Gasteiger partial charge on any atom is 0.148 e. The Morgan fingerprint density at radius 2 is 2.58 bits per heavy atom. The number of nitrogens with one attached hydrogen (secondary N) is 1. The lowest BCUT2D eigenvalue weighted by atomic mass is 10.3. The van der Waals surface area contributed by atoms with Gasteiger partial charge >= 0.3 is 0 Å². The van der Waals surface area contributed by atoms with Gasteiger partial charge in [0.15, 0.2) is 0 Å². The zero-order valence-corrected chi connectivity index (χ0v) is 7.91. The van der Waals surface area contributed by atoms with Crippen molar-refractivity contribution in [2.24, 2.45) is 0 Å². The van der Waals surface area contributed by atoms with Crippen LogP contribution in [0, 0.1) is 0 Å². The monoisotopic (exact) mass is 186 g/mol. The van der Waals surface area contributed by atoms with Crippen LogP contribution in [0.25, 0.3) is 0 Å². The number of H-pyrrole nitrogens is 1. The predicted molar refractivity (Wildman–Crippen MR) is 49.7 cm³/mol. The van der Waals surface area contributed by atoms with Crippen molar-refractivity contribution in [3.63, 3.8) is 0 Å². The standard InChI is InChI=1S/C8H12N2OS.H2/c1-2-7-9-6-4-3-5-12(11)8(6)10-7;/h2-5H2,1H3,(H,9,10);1H. The Labute approximate surface area is 75.5 Å². The fraction of sp³-hybridized carbons (Fsp3) is 0.625. The molecule has 12 heavy (non-hydrogen) atoms. The lowest BCUT2D eigenvalue weighted by Crippen LogP contribution is -2.09. The van der Waals surface area contributed by atoms with E-state index in [4.69, 9.17) is 0 Å². The zero-order valence-electron chi connectivity index (χ0n) is 7.09. The molecule has 0 radical (unpaired) electrons. The zero-order chi connectivity index (χ0) is 8.55. The van der Waals surface area contributed by atoms with E-state index in [1.165, 1.54) is 0 Å². The van der Waals surface area contributed by atoms with Crippen molar-refractivity contribution in [1.82, 2.24) is 9.97 Å². The molecule has 4 heteroatoms. The highest BCUT2D eigenvalue weighted by atomic mass is 32.2. The topological polar surface area (TPSA) is 45.8 Å². The highest BCUT2D eigenvalue weighted by Crippen LogP contribution is 2.19. The third-order valence-corrected chi connectivity index (χ3v) is 3.53. The summed E-state index contributed by atoms with van der Waals surface area (Å²) in [6.45, 7) is 2.05. The van der Waals surface area contributed by atoms with E-state index in [0.29, 0.717) is 0 Å². The number of hydrogen-bond donors (Lipinski definition) is 1. The largest absolute Gasteiger partial charge is 0.345 e. The van der Waals surface area contributed by atoms with E-state index >= 15 is 0 Å². The van der Waals surface area contributed by atoms with Crippen molar-refractivity contribution in [2.75, 3.05) is 5.75 Å². The van der Waals surface area contributed by atoms with E-state index < -0.39 is 10.8 Å². The summed E-state index contributed by atoms with van der Waals surface area (Å²) in [7, 11) is -0.838. The third kappa shape index (κ3) is 1.20. The van der Waals surface area contributed by atoms with Gasteiger partial charge in [0.25, 0.3) is 0 Å². The van der Waals surface area contributed by atoms with Crippen LogP contribution in [0.4, 0.5) is 0 Å². The van der Waals surface area contributed by atoms with E-state index in [1.54, 1.807) is 0 Å². The van der Waals surface area contributed by atoms with E-state index in [2.05, 4.69) is 9.97 Å². The van der Waals surface area contributed by atoms with Crippen molar-refractivity contribution in [1.29, 1.82) is 0 Å². The first-order valence-corrected chi connectivity index (χ1v) is 5.59. The van der Waals surface area contributed by atoms with E-state index in [-0.39, 0.29) is 1.43 Å². The number of fused-ring (bicyclic) bond motifs is 1. The molecule has 2 heterocycles. The summed E-state index contributed by atoms with van der Waals surface area (Å²) in [5, 5.41) is 0.804.